The van der Waals surface area contributed by atoms with Crippen molar-refractivity contribution in [2.75, 3.05) is 25.1 Å². The van der Waals surface area contributed by atoms with Crippen molar-refractivity contribution in [2.24, 2.45) is 5.92 Å². The predicted octanol–water partition coefficient (Wildman–Crippen LogP) is 3.83. The Balaban J connectivity index is 1.31. The van der Waals surface area contributed by atoms with Crippen molar-refractivity contribution in [3.8, 4) is 11.3 Å². The van der Waals surface area contributed by atoms with E-state index in [0.717, 1.165) is 60.6 Å². The van der Waals surface area contributed by atoms with Crippen LogP contribution in [0.5, 0.6) is 0 Å². The maximum absolute atomic E-state index is 13.0. The van der Waals surface area contributed by atoms with Gasteiger partial charge in [0.15, 0.2) is 5.43 Å². The molecule has 1 saturated carbocycles. The topological polar surface area (TPSA) is 52.5 Å². The van der Waals surface area contributed by atoms with E-state index < -0.39 is 11.8 Å². The van der Waals surface area contributed by atoms with Gasteiger partial charge in [-0.1, -0.05) is 18.2 Å². The van der Waals surface area contributed by atoms with Crippen molar-refractivity contribution in [1.82, 2.24) is 4.57 Å². The van der Waals surface area contributed by atoms with E-state index in [1.807, 2.05) is 12.1 Å². The minimum absolute atomic E-state index is 0.0262. The first-order valence-corrected chi connectivity index (χ1v) is 10.7. The second-order valence-electron chi connectivity index (χ2n) is 8.55. The van der Waals surface area contributed by atoms with Gasteiger partial charge in [0, 0.05) is 43.8 Å². The predicted molar refractivity (Wildman–Crippen MR) is 110 cm³/mol. The standard InChI is InChI=1S/C23H26F2N2O3/c24-23(25)11-17(23)14-29-13-15-3-4-20-16(8-15)5-6-27-21(20)9-18(28)10-22(27)26-12-19-2-1-7-30-19/h3-4,8-10,17,19,26H,1-2,5-7,11-14H2/t17-,19?/m0/s1. The maximum atomic E-state index is 13.0. The van der Waals surface area contributed by atoms with E-state index in [0.29, 0.717) is 13.2 Å². The van der Waals surface area contributed by atoms with Crippen molar-refractivity contribution in [1.29, 1.82) is 0 Å². The van der Waals surface area contributed by atoms with Gasteiger partial charge in [-0.3, -0.25) is 4.79 Å². The van der Waals surface area contributed by atoms with E-state index in [4.69, 9.17) is 9.47 Å². The molecule has 5 rings (SSSR count). The number of rotatable bonds is 7. The molecule has 5 nitrogen and oxygen atoms in total. The number of hydrogen-bond acceptors (Lipinski definition) is 4. The largest absolute Gasteiger partial charge is 0.376 e. The lowest BCUT2D eigenvalue weighted by molar-refractivity contribution is 0.0490. The van der Waals surface area contributed by atoms with Gasteiger partial charge in [-0.2, -0.15) is 0 Å². The van der Waals surface area contributed by atoms with Crippen LogP contribution in [0.25, 0.3) is 11.3 Å². The van der Waals surface area contributed by atoms with Crippen molar-refractivity contribution in [3.63, 3.8) is 0 Å². The van der Waals surface area contributed by atoms with E-state index in [1.54, 1.807) is 12.1 Å². The van der Waals surface area contributed by atoms with Crippen LogP contribution in [0, 0.1) is 5.92 Å². The zero-order valence-electron chi connectivity index (χ0n) is 16.8. The molecule has 0 amide bonds. The highest BCUT2D eigenvalue weighted by molar-refractivity contribution is 5.68. The van der Waals surface area contributed by atoms with Crippen molar-refractivity contribution in [2.45, 2.75) is 50.9 Å². The van der Waals surface area contributed by atoms with Gasteiger partial charge in [-0.25, -0.2) is 8.78 Å². The first-order chi connectivity index (χ1) is 14.5. The summed E-state index contributed by atoms with van der Waals surface area (Å²) in [5.41, 5.74) is 4.05. The molecular formula is C23H26F2N2O3. The molecule has 1 unspecified atom stereocenters. The molecule has 0 radical (unpaired) electrons. The summed E-state index contributed by atoms with van der Waals surface area (Å²) in [6.07, 6.45) is 3.11. The van der Waals surface area contributed by atoms with Crippen molar-refractivity contribution in [3.05, 3.63) is 51.7 Å². The Bertz CT molecular complexity index is 998. The molecule has 1 aromatic heterocycles. The lowest BCUT2D eigenvalue weighted by Gasteiger charge is -2.26. The third kappa shape index (κ3) is 4.01. The molecule has 0 spiro atoms. The molecule has 2 aromatic rings. The van der Waals surface area contributed by atoms with Crippen LogP contribution in [0.1, 0.15) is 30.4 Å². The lowest BCUT2D eigenvalue weighted by atomic mass is 9.95. The summed E-state index contributed by atoms with van der Waals surface area (Å²) in [6.45, 7) is 2.71. The third-order valence-electron chi connectivity index (χ3n) is 6.27. The first-order valence-electron chi connectivity index (χ1n) is 10.7. The summed E-state index contributed by atoms with van der Waals surface area (Å²) < 4.78 is 39.3. The van der Waals surface area contributed by atoms with Gasteiger partial charge < -0.3 is 19.4 Å². The van der Waals surface area contributed by atoms with Gasteiger partial charge in [-0.05, 0) is 30.4 Å². The molecule has 7 heteroatoms. The van der Waals surface area contributed by atoms with Crippen LogP contribution >= 0.6 is 0 Å². The number of benzene rings is 1. The maximum Gasteiger partial charge on any atom is 0.253 e. The summed E-state index contributed by atoms with van der Waals surface area (Å²) in [5.74, 6) is -2.34. The van der Waals surface area contributed by atoms with Crippen LogP contribution in [0.15, 0.2) is 35.1 Å². The molecular weight excluding hydrogens is 390 g/mol. The van der Waals surface area contributed by atoms with Gasteiger partial charge in [0.2, 0.25) is 0 Å². The number of halogens is 2. The number of aryl methyl sites for hydroxylation is 1. The second-order valence-corrected chi connectivity index (χ2v) is 8.55. The summed E-state index contributed by atoms with van der Waals surface area (Å²) in [6, 6.07) is 9.37. The number of nitrogens with zero attached hydrogens (tertiary/aromatic N) is 1. The number of nitrogens with one attached hydrogen (secondary N) is 1. The highest BCUT2D eigenvalue weighted by atomic mass is 19.3. The van der Waals surface area contributed by atoms with Crippen molar-refractivity contribution >= 4 is 5.82 Å². The Morgan fingerprint density at radius 3 is 2.90 bits per heavy atom. The molecule has 3 aliphatic rings. The number of fused-ring (bicyclic) bond motifs is 3. The quantitative estimate of drug-likeness (QED) is 0.745. The monoisotopic (exact) mass is 416 g/mol. The molecule has 0 bridgehead atoms. The summed E-state index contributed by atoms with van der Waals surface area (Å²) in [5, 5.41) is 3.41. The zero-order chi connectivity index (χ0) is 20.7. The molecule has 1 aromatic carbocycles. The number of anilines is 1. The van der Waals surface area contributed by atoms with Crippen LogP contribution in [0.2, 0.25) is 0 Å². The normalized spacial score (nSPS) is 23.7. The average molecular weight is 416 g/mol. The van der Waals surface area contributed by atoms with Gasteiger partial charge in [-0.15, -0.1) is 0 Å². The summed E-state index contributed by atoms with van der Waals surface area (Å²) >= 11 is 0. The summed E-state index contributed by atoms with van der Waals surface area (Å²) in [7, 11) is 0. The highest BCUT2D eigenvalue weighted by Crippen LogP contribution is 2.48. The van der Waals surface area contributed by atoms with Crippen LogP contribution in [-0.2, 0) is 29.0 Å². The van der Waals surface area contributed by atoms with Crippen molar-refractivity contribution < 1.29 is 18.3 Å². The minimum Gasteiger partial charge on any atom is -0.376 e. The number of ether oxygens (including phenoxy) is 2. The number of aromatic nitrogens is 1. The van der Waals surface area contributed by atoms with Crippen LogP contribution in [-0.4, -0.2) is 36.4 Å². The lowest BCUT2D eigenvalue weighted by Crippen LogP contribution is -2.25. The number of alkyl halides is 2. The SMILES string of the molecule is O=c1cc(NCC2CCCO2)n2c(c1)-c1ccc(COC[C@@H]3CC3(F)F)cc1CC2. The zero-order valence-corrected chi connectivity index (χ0v) is 16.8. The fourth-order valence-electron chi connectivity index (χ4n) is 4.43. The highest BCUT2D eigenvalue weighted by Gasteiger charge is 2.56. The van der Waals surface area contributed by atoms with Gasteiger partial charge in [0.1, 0.15) is 5.82 Å². The minimum atomic E-state index is -2.54. The van der Waals surface area contributed by atoms with Gasteiger partial charge in [0.05, 0.1) is 30.9 Å². The van der Waals surface area contributed by atoms with E-state index in [-0.39, 0.29) is 24.6 Å². The van der Waals surface area contributed by atoms with E-state index in [1.165, 1.54) is 0 Å². The fourth-order valence-corrected chi connectivity index (χ4v) is 4.43. The van der Waals surface area contributed by atoms with E-state index >= 15 is 0 Å². The smallest absolute Gasteiger partial charge is 0.253 e. The Morgan fingerprint density at radius 2 is 2.13 bits per heavy atom. The number of pyridine rings is 1. The Morgan fingerprint density at radius 1 is 1.27 bits per heavy atom. The van der Waals surface area contributed by atoms with E-state index in [9.17, 15) is 13.6 Å². The Hall–Kier alpha value is -2.25. The Labute approximate surface area is 174 Å². The number of hydrogen-bond donors (Lipinski definition) is 1. The van der Waals surface area contributed by atoms with Gasteiger partial charge in [0.25, 0.3) is 5.92 Å². The second kappa shape index (κ2) is 7.78. The van der Waals surface area contributed by atoms with Crippen LogP contribution < -0.4 is 10.7 Å². The molecule has 2 fully saturated rings. The summed E-state index contributed by atoms with van der Waals surface area (Å²) in [4.78, 5) is 12.3. The van der Waals surface area contributed by atoms with Gasteiger partial charge >= 0.3 is 0 Å². The molecule has 160 valence electrons. The van der Waals surface area contributed by atoms with Crippen LogP contribution in [0.3, 0.4) is 0 Å². The Kier molecular flexibility index (Phi) is 5.11. The molecule has 1 aliphatic carbocycles. The molecule has 2 aliphatic heterocycles. The average Bonchev–Trinajstić information content (AvgIpc) is 3.10. The molecule has 1 N–H and O–H groups in total. The molecule has 1 saturated heterocycles. The molecule has 3 heterocycles. The fraction of sp³-hybridized carbons (Fsp3) is 0.522. The third-order valence-corrected chi connectivity index (χ3v) is 6.27. The van der Waals surface area contributed by atoms with E-state index in [2.05, 4.69) is 16.0 Å². The first kappa shape index (κ1) is 19.7. The van der Waals surface area contributed by atoms with Crippen LogP contribution in [0.4, 0.5) is 14.6 Å². The molecule has 30 heavy (non-hydrogen) atoms. The molecule has 2 atom stereocenters.